The number of esters is 1. The first-order chi connectivity index (χ1) is 11.9. The summed E-state index contributed by atoms with van der Waals surface area (Å²) in [6.45, 7) is 9.27. The van der Waals surface area contributed by atoms with Crippen LogP contribution in [0.25, 0.3) is 10.9 Å². The number of nitrogens with one attached hydrogen (secondary N) is 1. The molecule has 1 aliphatic rings. The molecule has 0 unspecified atom stereocenters. The lowest BCUT2D eigenvalue weighted by atomic mass is 10.1. The molecule has 6 nitrogen and oxygen atoms in total. The molecule has 1 aliphatic heterocycles. The Kier molecular flexibility index (Phi) is 4.81. The van der Waals surface area contributed by atoms with Crippen molar-refractivity contribution in [2.45, 2.75) is 26.4 Å². The van der Waals surface area contributed by atoms with E-state index in [0.717, 1.165) is 37.3 Å². The maximum absolute atomic E-state index is 12.7. The molecule has 3 rings (SSSR count). The molecule has 0 aliphatic carbocycles. The average molecular weight is 343 g/mol. The molecule has 1 aromatic heterocycles. The number of fused-ring (bicyclic) bond motifs is 1. The van der Waals surface area contributed by atoms with E-state index in [1.54, 1.807) is 19.4 Å². The molecular weight excluding hydrogens is 318 g/mol. The Hall–Kier alpha value is -2.34. The van der Waals surface area contributed by atoms with Crippen LogP contribution in [0.15, 0.2) is 24.4 Å². The first-order valence-electron chi connectivity index (χ1n) is 8.55. The van der Waals surface area contributed by atoms with Gasteiger partial charge in [-0.15, -0.1) is 0 Å². The lowest BCUT2D eigenvalue weighted by Gasteiger charge is -2.30. The Balaban J connectivity index is 2.12. The molecule has 0 saturated carbocycles. The number of carbonyl (C=O) groups excluding carboxylic acids is 1. The summed E-state index contributed by atoms with van der Waals surface area (Å²) in [5, 5.41) is 4.26. The molecule has 0 radical (unpaired) electrons. The minimum Gasteiger partial charge on any atom is -0.497 e. The second kappa shape index (κ2) is 6.88. The highest BCUT2D eigenvalue weighted by atomic mass is 16.6. The van der Waals surface area contributed by atoms with Crippen LogP contribution in [-0.4, -0.2) is 49.8 Å². The van der Waals surface area contributed by atoms with Crippen LogP contribution in [0, 0.1) is 0 Å². The Morgan fingerprint density at radius 2 is 1.96 bits per heavy atom. The van der Waals surface area contributed by atoms with Crippen molar-refractivity contribution in [3.05, 3.63) is 30.0 Å². The highest BCUT2D eigenvalue weighted by Gasteiger charge is 2.23. The van der Waals surface area contributed by atoms with Gasteiger partial charge in [-0.3, -0.25) is 4.98 Å². The van der Waals surface area contributed by atoms with Crippen molar-refractivity contribution < 1.29 is 14.3 Å². The van der Waals surface area contributed by atoms with Crippen LogP contribution in [0.3, 0.4) is 0 Å². The van der Waals surface area contributed by atoms with E-state index in [4.69, 9.17) is 9.47 Å². The Bertz CT molecular complexity index is 777. The third-order valence-corrected chi connectivity index (χ3v) is 4.11. The zero-order chi connectivity index (χ0) is 18.0. The summed E-state index contributed by atoms with van der Waals surface area (Å²) < 4.78 is 11.0. The van der Waals surface area contributed by atoms with Crippen LogP contribution in [0.4, 0.5) is 5.69 Å². The molecule has 2 aromatic rings. The molecule has 6 heteroatoms. The smallest absolute Gasteiger partial charge is 0.341 e. The number of hydrogen-bond donors (Lipinski definition) is 1. The number of pyridine rings is 1. The van der Waals surface area contributed by atoms with Crippen LogP contribution in [0.5, 0.6) is 5.75 Å². The van der Waals surface area contributed by atoms with Gasteiger partial charge in [-0.25, -0.2) is 4.79 Å². The lowest BCUT2D eigenvalue weighted by Crippen LogP contribution is -2.43. The van der Waals surface area contributed by atoms with Crippen LogP contribution in [-0.2, 0) is 4.74 Å². The van der Waals surface area contributed by atoms with Crippen LogP contribution < -0.4 is 15.0 Å². The van der Waals surface area contributed by atoms with E-state index in [-0.39, 0.29) is 5.97 Å². The van der Waals surface area contributed by atoms with Gasteiger partial charge in [0, 0.05) is 43.4 Å². The molecular formula is C19H25N3O3. The number of benzene rings is 1. The number of carbonyl (C=O) groups is 1. The molecule has 0 amide bonds. The van der Waals surface area contributed by atoms with Gasteiger partial charge in [0.15, 0.2) is 0 Å². The summed E-state index contributed by atoms with van der Waals surface area (Å²) in [6, 6.07) is 5.63. The van der Waals surface area contributed by atoms with E-state index in [0.29, 0.717) is 16.8 Å². The Labute approximate surface area is 148 Å². The maximum Gasteiger partial charge on any atom is 0.341 e. The third kappa shape index (κ3) is 3.85. The van der Waals surface area contributed by atoms with E-state index in [9.17, 15) is 4.79 Å². The molecule has 0 atom stereocenters. The summed E-state index contributed by atoms with van der Waals surface area (Å²) in [5.41, 5.74) is 1.57. The van der Waals surface area contributed by atoms with Crippen LogP contribution >= 0.6 is 0 Å². The van der Waals surface area contributed by atoms with E-state index in [1.165, 1.54) is 0 Å². The van der Waals surface area contributed by atoms with Gasteiger partial charge in [0.05, 0.1) is 18.2 Å². The van der Waals surface area contributed by atoms with Gasteiger partial charge in [-0.05, 0) is 39.0 Å². The fourth-order valence-corrected chi connectivity index (χ4v) is 3.00. The van der Waals surface area contributed by atoms with Crippen molar-refractivity contribution in [2.24, 2.45) is 0 Å². The molecule has 25 heavy (non-hydrogen) atoms. The van der Waals surface area contributed by atoms with E-state index < -0.39 is 5.60 Å². The standard InChI is InChI=1S/C19H25N3O3/c1-19(2,3)25-18(23)15-12-13(24-4)11-14-16(5-6-21-17(14)15)22-9-7-20-8-10-22/h5-6,11-12,20H,7-10H2,1-4H3. The number of aromatic nitrogens is 1. The lowest BCUT2D eigenvalue weighted by molar-refractivity contribution is 0.00713. The summed E-state index contributed by atoms with van der Waals surface area (Å²) in [6.07, 6.45) is 1.75. The van der Waals surface area contributed by atoms with Gasteiger partial charge in [0.25, 0.3) is 0 Å². The van der Waals surface area contributed by atoms with Crippen molar-refractivity contribution in [3.63, 3.8) is 0 Å². The van der Waals surface area contributed by atoms with E-state index in [1.807, 2.05) is 32.9 Å². The zero-order valence-electron chi connectivity index (χ0n) is 15.3. The second-order valence-electron chi connectivity index (χ2n) is 7.14. The minimum atomic E-state index is -0.567. The number of anilines is 1. The van der Waals surface area contributed by atoms with Crippen LogP contribution in [0.2, 0.25) is 0 Å². The third-order valence-electron chi connectivity index (χ3n) is 4.11. The quantitative estimate of drug-likeness (QED) is 0.865. The summed E-state index contributed by atoms with van der Waals surface area (Å²) in [4.78, 5) is 19.5. The largest absolute Gasteiger partial charge is 0.497 e. The number of ether oxygens (including phenoxy) is 2. The van der Waals surface area contributed by atoms with E-state index >= 15 is 0 Å². The Morgan fingerprint density at radius 3 is 2.60 bits per heavy atom. The molecule has 1 fully saturated rings. The molecule has 0 bridgehead atoms. The summed E-state index contributed by atoms with van der Waals surface area (Å²) in [7, 11) is 1.60. The molecule has 134 valence electrons. The van der Waals surface area contributed by atoms with Crippen molar-refractivity contribution in [2.75, 3.05) is 38.2 Å². The molecule has 1 aromatic carbocycles. The highest BCUT2D eigenvalue weighted by Crippen LogP contribution is 2.32. The predicted molar refractivity (Wildman–Crippen MR) is 98.5 cm³/mol. The van der Waals surface area contributed by atoms with Gasteiger partial charge in [0.1, 0.15) is 11.4 Å². The van der Waals surface area contributed by atoms with Gasteiger partial charge in [-0.1, -0.05) is 0 Å². The predicted octanol–water partition coefficient (Wildman–Crippen LogP) is 2.61. The van der Waals surface area contributed by atoms with Gasteiger partial charge >= 0.3 is 5.97 Å². The fraction of sp³-hybridized carbons (Fsp3) is 0.474. The molecule has 2 heterocycles. The zero-order valence-corrected chi connectivity index (χ0v) is 15.3. The number of nitrogens with zero attached hydrogens (tertiary/aromatic N) is 2. The van der Waals surface area contributed by atoms with Gasteiger partial charge in [-0.2, -0.15) is 0 Å². The maximum atomic E-state index is 12.7. The number of rotatable bonds is 3. The monoisotopic (exact) mass is 343 g/mol. The fourth-order valence-electron chi connectivity index (χ4n) is 3.00. The Morgan fingerprint density at radius 1 is 1.24 bits per heavy atom. The number of methoxy groups -OCH3 is 1. The summed E-state index contributed by atoms with van der Waals surface area (Å²) in [5.74, 6) is 0.235. The second-order valence-corrected chi connectivity index (χ2v) is 7.14. The van der Waals surface area contributed by atoms with Crippen molar-refractivity contribution in [1.29, 1.82) is 0 Å². The van der Waals surface area contributed by atoms with Crippen molar-refractivity contribution >= 4 is 22.6 Å². The van der Waals surface area contributed by atoms with Crippen molar-refractivity contribution in [3.8, 4) is 5.75 Å². The average Bonchev–Trinajstić information content (AvgIpc) is 2.59. The van der Waals surface area contributed by atoms with Gasteiger partial charge in [0.2, 0.25) is 0 Å². The SMILES string of the molecule is COc1cc(C(=O)OC(C)(C)C)c2nccc(N3CCNCC3)c2c1. The normalized spacial score (nSPS) is 15.3. The van der Waals surface area contributed by atoms with Crippen molar-refractivity contribution in [1.82, 2.24) is 10.3 Å². The molecule has 1 saturated heterocycles. The highest BCUT2D eigenvalue weighted by molar-refractivity contribution is 6.07. The first kappa shape index (κ1) is 17.5. The topological polar surface area (TPSA) is 63.7 Å². The van der Waals surface area contributed by atoms with Crippen LogP contribution in [0.1, 0.15) is 31.1 Å². The number of hydrogen-bond acceptors (Lipinski definition) is 6. The first-order valence-corrected chi connectivity index (χ1v) is 8.55. The van der Waals surface area contributed by atoms with E-state index in [2.05, 4.69) is 15.2 Å². The molecule has 0 spiro atoms. The number of piperazine rings is 1. The van der Waals surface area contributed by atoms with Gasteiger partial charge < -0.3 is 19.7 Å². The minimum absolute atomic E-state index is 0.388. The summed E-state index contributed by atoms with van der Waals surface area (Å²) >= 11 is 0. The molecule has 1 N–H and O–H groups in total.